The Morgan fingerprint density at radius 2 is 2.00 bits per heavy atom. The highest BCUT2D eigenvalue weighted by Crippen LogP contribution is 2.45. The van der Waals surface area contributed by atoms with Crippen LogP contribution < -0.4 is 4.90 Å². The van der Waals surface area contributed by atoms with Crippen LogP contribution in [0.5, 0.6) is 0 Å². The monoisotopic (exact) mass is 505 g/mol. The Bertz CT molecular complexity index is 1190. The number of pyridine rings is 1. The predicted molar refractivity (Wildman–Crippen MR) is 133 cm³/mol. The Hall–Kier alpha value is -2.13. The maximum Gasteiger partial charge on any atom is 0.410 e. The lowest BCUT2D eigenvalue weighted by molar-refractivity contribution is 0.00719. The number of fused-ring (bicyclic) bond motifs is 5. The summed E-state index contributed by atoms with van der Waals surface area (Å²) in [5.74, 6) is 0.777. The molecule has 0 saturated carbocycles. The number of anilines is 1. The number of allylic oxidation sites excluding steroid dienone is 1. The molecule has 7 nitrogen and oxygen atoms in total. The Kier molecular flexibility index (Phi) is 5.91. The maximum absolute atomic E-state index is 15.2. The fourth-order valence-corrected chi connectivity index (χ4v) is 6.17. The molecule has 0 aliphatic carbocycles. The molecule has 0 spiro atoms. The Morgan fingerprint density at radius 3 is 2.71 bits per heavy atom. The van der Waals surface area contributed by atoms with Crippen LogP contribution in [0.2, 0.25) is 5.15 Å². The summed E-state index contributed by atoms with van der Waals surface area (Å²) in [5, 5.41) is 0.860. The highest BCUT2D eigenvalue weighted by molar-refractivity contribution is 7.99. The zero-order valence-electron chi connectivity index (χ0n) is 19.9. The Labute approximate surface area is 208 Å². The maximum atomic E-state index is 15.2. The van der Waals surface area contributed by atoms with Crippen molar-refractivity contribution < 1.29 is 13.9 Å². The van der Waals surface area contributed by atoms with Gasteiger partial charge in [0.25, 0.3) is 0 Å². The van der Waals surface area contributed by atoms with Crippen LogP contribution in [-0.4, -0.2) is 62.0 Å². The smallest absolute Gasteiger partial charge is 0.410 e. The first-order chi connectivity index (χ1) is 16.1. The summed E-state index contributed by atoms with van der Waals surface area (Å²) in [7, 11) is 0. The van der Waals surface area contributed by atoms with Crippen molar-refractivity contribution in [1.29, 1.82) is 0 Å². The van der Waals surface area contributed by atoms with Crippen LogP contribution in [0.25, 0.3) is 16.5 Å². The van der Waals surface area contributed by atoms with Crippen molar-refractivity contribution in [2.75, 3.05) is 17.2 Å². The number of thioether (sulfide) groups is 1. The molecule has 2 fully saturated rings. The lowest BCUT2D eigenvalue weighted by Gasteiger charge is -2.48. The van der Waals surface area contributed by atoms with E-state index in [0.29, 0.717) is 35.0 Å². The van der Waals surface area contributed by atoms with Crippen molar-refractivity contribution in [1.82, 2.24) is 19.9 Å². The van der Waals surface area contributed by atoms with Crippen LogP contribution >= 0.6 is 23.4 Å². The third kappa shape index (κ3) is 3.90. The van der Waals surface area contributed by atoms with E-state index in [2.05, 4.69) is 21.4 Å². The van der Waals surface area contributed by atoms with Gasteiger partial charge in [-0.1, -0.05) is 36.9 Å². The molecule has 3 aliphatic rings. The van der Waals surface area contributed by atoms with Crippen LogP contribution in [0.4, 0.5) is 15.0 Å². The van der Waals surface area contributed by atoms with E-state index < -0.39 is 11.4 Å². The number of piperazine rings is 1. The molecule has 0 unspecified atom stereocenters. The molecule has 10 heteroatoms. The van der Waals surface area contributed by atoms with Crippen LogP contribution in [0, 0.1) is 5.82 Å². The van der Waals surface area contributed by atoms with Gasteiger partial charge in [0, 0.05) is 6.54 Å². The summed E-state index contributed by atoms with van der Waals surface area (Å²) >= 11 is 7.63. The van der Waals surface area contributed by atoms with E-state index in [-0.39, 0.29) is 34.9 Å². The van der Waals surface area contributed by atoms with Crippen molar-refractivity contribution in [3.63, 3.8) is 0 Å². The third-order valence-electron chi connectivity index (χ3n) is 6.73. The quantitative estimate of drug-likeness (QED) is 0.295. The second-order valence-electron chi connectivity index (χ2n) is 10.1. The van der Waals surface area contributed by atoms with Gasteiger partial charge in [-0.3, -0.25) is 4.90 Å². The number of aromatic nitrogens is 3. The van der Waals surface area contributed by atoms with Gasteiger partial charge in [-0.2, -0.15) is 0 Å². The van der Waals surface area contributed by atoms with E-state index in [1.165, 1.54) is 11.8 Å². The number of carbonyl (C=O) groups excluding carboxylic acids is 1. The van der Waals surface area contributed by atoms with Gasteiger partial charge in [0.1, 0.15) is 16.9 Å². The van der Waals surface area contributed by atoms with E-state index in [9.17, 15) is 4.79 Å². The van der Waals surface area contributed by atoms with Crippen molar-refractivity contribution in [3.05, 3.63) is 23.2 Å². The molecule has 2 aromatic rings. The third-order valence-corrected chi connectivity index (χ3v) is 7.71. The van der Waals surface area contributed by atoms with Crippen LogP contribution in [0.1, 0.15) is 59.1 Å². The summed E-state index contributed by atoms with van der Waals surface area (Å²) in [4.78, 5) is 31.1. The SMILES string of the molecule is C=C1CC[C@H]2[C@@H]3CC[C@H](CN2c2nc(SCC)nc4c(F)c(Cl)nc1c24)N3C(=O)OC(C)(C)C. The number of amides is 1. The number of hydrogen-bond acceptors (Lipinski definition) is 7. The van der Waals surface area contributed by atoms with Gasteiger partial charge in [-0.25, -0.2) is 24.1 Å². The average molecular weight is 506 g/mol. The van der Waals surface area contributed by atoms with Gasteiger partial charge < -0.3 is 9.64 Å². The molecule has 3 aliphatic heterocycles. The molecule has 5 heterocycles. The number of nitrogens with zero attached hydrogens (tertiary/aromatic N) is 5. The molecule has 182 valence electrons. The molecular weight excluding hydrogens is 477 g/mol. The summed E-state index contributed by atoms with van der Waals surface area (Å²) < 4.78 is 21.0. The van der Waals surface area contributed by atoms with E-state index >= 15 is 4.39 Å². The van der Waals surface area contributed by atoms with E-state index in [4.69, 9.17) is 21.3 Å². The summed E-state index contributed by atoms with van der Waals surface area (Å²) in [5.41, 5.74) is 0.954. The molecule has 34 heavy (non-hydrogen) atoms. The minimum absolute atomic E-state index is 0.000391. The van der Waals surface area contributed by atoms with Crippen molar-refractivity contribution in [3.8, 4) is 0 Å². The highest BCUT2D eigenvalue weighted by Gasteiger charge is 2.50. The largest absolute Gasteiger partial charge is 0.444 e. The number of rotatable bonds is 2. The molecule has 1 amide bonds. The second-order valence-corrected chi connectivity index (χ2v) is 11.7. The highest BCUT2D eigenvalue weighted by atomic mass is 35.5. The van der Waals surface area contributed by atoms with Crippen molar-refractivity contribution in [2.45, 2.75) is 82.3 Å². The molecule has 0 N–H and O–H groups in total. The van der Waals surface area contributed by atoms with Crippen LogP contribution in [0.15, 0.2) is 11.7 Å². The van der Waals surface area contributed by atoms with Crippen LogP contribution in [0.3, 0.4) is 0 Å². The normalized spacial score (nSPS) is 24.2. The molecule has 5 rings (SSSR count). The van der Waals surface area contributed by atoms with Gasteiger partial charge in [0.05, 0.1) is 29.2 Å². The fourth-order valence-electron chi connectivity index (χ4n) is 5.43. The standard InChI is InChI=1S/C24H29ClFN5O2S/c1-6-34-22-28-19-16-18(27-20(25)17(19)26)12(2)7-9-14-15-10-8-13(11-30(14)21(16)29-22)31(15)23(32)33-24(3,4)5/h13-15H,2,6-11H2,1,3-5H3/t13-,14+,15+/m1/s1. The fraction of sp³-hybridized carbons (Fsp3) is 0.583. The lowest BCUT2D eigenvalue weighted by atomic mass is 9.91. The molecule has 2 aromatic heterocycles. The van der Waals surface area contributed by atoms with Crippen LogP contribution in [-0.2, 0) is 4.74 Å². The van der Waals surface area contributed by atoms with E-state index in [1.54, 1.807) is 0 Å². The van der Waals surface area contributed by atoms with Gasteiger partial charge >= 0.3 is 6.09 Å². The topological polar surface area (TPSA) is 71.5 Å². The minimum Gasteiger partial charge on any atom is -0.444 e. The van der Waals surface area contributed by atoms with E-state index in [1.807, 2.05) is 32.6 Å². The zero-order valence-corrected chi connectivity index (χ0v) is 21.5. The lowest BCUT2D eigenvalue weighted by Crippen LogP contribution is -2.62. The molecule has 0 radical (unpaired) electrons. The first-order valence-electron chi connectivity index (χ1n) is 11.7. The van der Waals surface area contributed by atoms with Gasteiger partial charge in [-0.05, 0) is 57.8 Å². The minimum atomic E-state index is -0.637. The second kappa shape index (κ2) is 8.52. The summed E-state index contributed by atoms with van der Waals surface area (Å²) in [6.07, 6.45) is 2.94. The first kappa shape index (κ1) is 23.6. The Balaban J connectivity index is 1.66. The van der Waals surface area contributed by atoms with Gasteiger partial charge in [-0.15, -0.1) is 0 Å². The molecule has 3 atom stereocenters. The predicted octanol–water partition coefficient (Wildman–Crippen LogP) is 5.69. The average Bonchev–Trinajstić information content (AvgIpc) is 3.08. The van der Waals surface area contributed by atoms with Crippen molar-refractivity contribution >= 4 is 51.7 Å². The first-order valence-corrected chi connectivity index (χ1v) is 13.1. The molecule has 2 saturated heterocycles. The van der Waals surface area contributed by atoms with Gasteiger partial charge in [0.2, 0.25) is 0 Å². The van der Waals surface area contributed by atoms with Gasteiger partial charge in [0.15, 0.2) is 16.1 Å². The molecular formula is C24H29ClFN5O2S. The summed E-state index contributed by atoms with van der Waals surface area (Å²) in [6.45, 7) is 12.5. The molecule has 2 bridgehead atoms. The zero-order chi connectivity index (χ0) is 24.4. The summed E-state index contributed by atoms with van der Waals surface area (Å²) in [6, 6.07) is -0.00703. The number of carbonyl (C=O) groups is 1. The van der Waals surface area contributed by atoms with E-state index in [0.717, 1.165) is 30.6 Å². The Morgan fingerprint density at radius 1 is 1.24 bits per heavy atom. The van der Waals surface area contributed by atoms with Crippen molar-refractivity contribution in [2.24, 2.45) is 0 Å². The number of hydrogen-bond donors (Lipinski definition) is 0. The number of ether oxygens (including phenoxy) is 1. The number of halogens is 2. The molecule has 0 aromatic carbocycles.